The Bertz CT molecular complexity index is 468. The van der Waals surface area contributed by atoms with Crippen LogP contribution in [0.3, 0.4) is 0 Å². The van der Waals surface area contributed by atoms with Crippen molar-refractivity contribution in [3.8, 4) is 0 Å². The number of aryl methyl sites for hydroxylation is 1. The minimum absolute atomic E-state index is 0.105. The molecule has 7 heteroatoms. The van der Waals surface area contributed by atoms with Gasteiger partial charge in [-0.15, -0.1) is 11.8 Å². The van der Waals surface area contributed by atoms with Gasteiger partial charge in [-0.2, -0.15) is 4.98 Å². The van der Waals surface area contributed by atoms with Crippen LogP contribution in [-0.2, 0) is 9.84 Å². The molecule has 0 saturated heterocycles. The number of hydrogen-bond acceptors (Lipinski definition) is 6. The van der Waals surface area contributed by atoms with Crippen LogP contribution in [0.4, 0.5) is 0 Å². The highest BCUT2D eigenvalue weighted by atomic mass is 32.2. The van der Waals surface area contributed by atoms with Gasteiger partial charge in [-0.3, -0.25) is 0 Å². The van der Waals surface area contributed by atoms with Crippen molar-refractivity contribution in [2.45, 2.75) is 44.6 Å². The van der Waals surface area contributed by atoms with Gasteiger partial charge in [-0.1, -0.05) is 5.16 Å². The molecule has 18 heavy (non-hydrogen) atoms. The number of sulfone groups is 1. The Hall–Kier alpha value is -0.560. The van der Waals surface area contributed by atoms with Crippen LogP contribution < -0.4 is 0 Å². The van der Waals surface area contributed by atoms with Crippen LogP contribution in [0.5, 0.6) is 0 Å². The number of thioether (sulfide) groups is 1. The Morgan fingerprint density at radius 2 is 2.00 bits per heavy atom. The lowest BCUT2D eigenvalue weighted by Gasteiger charge is -2.08. The van der Waals surface area contributed by atoms with E-state index in [9.17, 15) is 8.42 Å². The Labute approximate surface area is 113 Å². The van der Waals surface area contributed by atoms with Crippen LogP contribution in [0.15, 0.2) is 4.52 Å². The third-order valence-electron chi connectivity index (χ3n) is 2.55. The van der Waals surface area contributed by atoms with Gasteiger partial charge in [0.05, 0.1) is 16.3 Å². The van der Waals surface area contributed by atoms with Crippen molar-refractivity contribution in [3.05, 3.63) is 11.7 Å². The molecule has 104 valence electrons. The van der Waals surface area contributed by atoms with E-state index in [0.717, 1.165) is 5.75 Å². The number of nitrogens with zero attached hydrogens (tertiary/aromatic N) is 2. The van der Waals surface area contributed by atoms with Gasteiger partial charge in [0, 0.05) is 0 Å². The Morgan fingerprint density at radius 3 is 2.50 bits per heavy atom. The van der Waals surface area contributed by atoms with Crippen molar-refractivity contribution in [1.29, 1.82) is 0 Å². The van der Waals surface area contributed by atoms with Gasteiger partial charge in [0.15, 0.2) is 15.7 Å². The molecule has 1 heterocycles. The molecule has 0 aliphatic rings. The second-order valence-corrected chi connectivity index (χ2v) is 8.59. The summed E-state index contributed by atoms with van der Waals surface area (Å²) in [5, 5.41) is 3.54. The summed E-state index contributed by atoms with van der Waals surface area (Å²) in [5.74, 6) is 2.24. The first-order valence-electron chi connectivity index (χ1n) is 5.96. The van der Waals surface area contributed by atoms with E-state index in [1.54, 1.807) is 32.5 Å². The summed E-state index contributed by atoms with van der Waals surface area (Å²) in [6.07, 6.45) is 0.655. The number of rotatable bonds is 7. The monoisotopic (exact) mass is 292 g/mol. The molecule has 0 amide bonds. The lowest BCUT2D eigenvalue weighted by molar-refractivity contribution is 0.376. The number of hydrogen-bond donors (Lipinski definition) is 0. The van der Waals surface area contributed by atoms with Crippen LogP contribution in [0.2, 0.25) is 0 Å². The summed E-state index contributed by atoms with van der Waals surface area (Å²) in [6, 6.07) is 0. The molecule has 0 aromatic carbocycles. The summed E-state index contributed by atoms with van der Waals surface area (Å²) in [4.78, 5) is 4.15. The smallest absolute Gasteiger partial charge is 0.239 e. The lowest BCUT2D eigenvalue weighted by atomic mass is 10.5. The largest absolute Gasteiger partial charge is 0.338 e. The molecule has 1 rings (SSSR count). The van der Waals surface area contributed by atoms with E-state index in [2.05, 4.69) is 10.1 Å². The van der Waals surface area contributed by atoms with Crippen molar-refractivity contribution in [2.75, 3.05) is 11.5 Å². The van der Waals surface area contributed by atoms with E-state index >= 15 is 0 Å². The SMILES string of the molecule is Cc1noc([C@H](C)SCCCS(=O)(=O)C(C)C)n1. The third kappa shape index (κ3) is 4.61. The first kappa shape index (κ1) is 15.5. The highest BCUT2D eigenvalue weighted by Crippen LogP contribution is 2.27. The first-order chi connectivity index (χ1) is 8.33. The summed E-state index contributed by atoms with van der Waals surface area (Å²) >= 11 is 1.63. The van der Waals surface area contributed by atoms with Crippen LogP contribution in [-0.4, -0.2) is 35.3 Å². The molecule has 1 aromatic heterocycles. The summed E-state index contributed by atoms with van der Waals surface area (Å²) in [7, 11) is -2.92. The zero-order chi connectivity index (χ0) is 13.8. The quantitative estimate of drug-likeness (QED) is 0.718. The average molecular weight is 292 g/mol. The fourth-order valence-electron chi connectivity index (χ4n) is 1.31. The van der Waals surface area contributed by atoms with Gasteiger partial charge in [-0.25, -0.2) is 8.42 Å². The van der Waals surface area contributed by atoms with Gasteiger partial charge >= 0.3 is 0 Å². The second-order valence-electron chi connectivity index (χ2n) is 4.46. The molecule has 5 nitrogen and oxygen atoms in total. The summed E-state index contributed by atoms with van der Waals surface area (Å²) < 4.78 is 28.3. The maximum absolute atomic E-state index is 11.6. The van der Waals surface area contributed by atoms with Crippen molar-refractivity contribution < 1.29 is 12.9 Å². The topological polar surface area (TPSA) is 73.1 Å². The van der Waals surface area contributed by atoms with Crippen molar-refractivity contribution in [2.24, 2.45) is 0 Å². The molecule has 0 spiro atoms. The van der Waals surface area contributed by atoms with Gasteiger partial charge in [-0.05, 0) is 39.9 Å². The van der Waals surface area contributed by atoms with Crippen LogP contribution in [0.1, 0.15) is 44.2 Å². The van der Waals surface area contributed by atoms with Crippen molar-refractivity contribution in [1.82, 2.24) is 10.1 Å². The molecule has 1 atom stereocenters. The molecular weight excluding hydrogens is 272 g/mol. The third-order valence-corrected chi connectivity index (χ3v) is 6.07. The van der Waals surface area contributed by atoms with Crippen molar-refractivity contribution in [3.63, 3.8) is 0 Å². The van der Waals surface area contributed by atoms with Crippen LogP contribution in [0, 0.1) is 6.92 Å². The number of aromatic nitrogens is 2. The molecule has 0 bridgehead atoms. The molecule has 0 fully saturated rings. The normalized spacial score (nSPS) is 14.1. The fourth-order valence-corrected chi connectivity index (χ4v) is 3.41. The predicted octanol–water partition coefficient (Wildman–Crippen LogP) is 2.39. The maximum Gasteiger partial charge on any atom is 0.239 e. The Kier molecular flexibility index (Phi) is 5.65. The molecule has 0 unspecified atom stereocenters. The zero-order valence-electron chi connectivity index (χ0n) is 11.2. The van der Waals surface area contributed by atoms with Crippen LogP contribution in [0.25, 0.3) is 0 Å². The molecule has 0 N–H and O–H groups in total. The first-order valence-corrected chi connectivity index (χ1v) is 8.72. The van der Waals surface area contributed by atoms with Gasteiger partial charge < -0.3 is 4.52 Å². The average Bonchev–Trinajstić information content (AvgIpc) is 2.71. The Morgan fingerprint density at radius 1 is 1.33 bits per heavy atom. The molecule has 0 radical (unpaired) electrons. The predicted molar refractivity (Wildman–Crippen MR) is 73.4 cm³/mol. The highest BCUT2D eigenvalue weighted by molar-refractivity contribution is 7.99. The molecule has 0 aliphatic heterocycles. The second kappa shape index (κ2) is 6.56. The molecule has 0 saturated carbocycles. The van der Waals surface area contributed by atoms with E-state index < -0.39 is 9.84 Å². The molecule has 0 aliphatic carbocycles. The van der Waals surface area contributed by atoms with E-state index in [4.69, 9.17) is 4.52 Å². The standard InChI is InChI=1S/C11H20N2O3S2/c1-8(2)18(14,15)7-5-6-17-9(3)11-12-10(4)13-16-11/h8-9H,5-7H2,1-4H3/t9-/m0/s1. The van der Waals surface area contributed by atoms with E-state index in [1.165, 1.54) is 0 Å². The van der Waals surface area contributed by atoms with Gasteiger partial charge in [0.25, 0.3) is 0 Å². The van der Waals surface area contributed by atoms with Crippen LogP contribution >= 0.6 is 11.8 Å². The summed E-state index contributed by atoms with van der Waals surface area (Å²) in [5.41, 5.74) is 0. The minimum Gasteiger partial charge on any atom is -0.338 e. The maximum atomic E-state index is 11.6. The lowest BCUT2D eigenvalue weighted by Crippen LogP contribution is -2.18. The van der Waals surface area contributed by atoms with Crippen molar-refractivity contribution >= 4 is 21.6 Å². The molecular formula is C11H20N2O3S2. The van der Waals surface area contributed by atoms with Gasteiger partial charge in [0.2, 0.25) is 5.89 Å². The molecule has 1 aromatic rings. The van der Waals surface area contributed by atoms with E-state index in [0.29, 0.717) is 18.1 Å². The Balaban J connectivity index is 2.31. The highest BCUT2D eigenvalue weighted by Gasteiger charge is 2.17. The minimum atomic E-state index is -2.92. The zero-order valence-corrected chi connectivity index (χ0v) is 12.8. The van der Waals surface area contributed by atoms with E-state index in [1.807, 2.05) is 6.92 Å². The summed E-state index contributed by atoms with van der Waals surface area (Å²) in [6.45, 7) is 7.19. The van der Waals surface area contributed by atoms with E-state index in [-0.39, 0.29) is 16.3 Å². The fraction of sp³-hybridized carbons (Fsp3) is 0.818. The van der Waals surface area contributed by atoms with Gasteiger partial charge in [0.1, 0.15) is 0 Å².